The number of hydrogen-bond donors (Lipinski definition) is 0. The molecule has 166 valence electrons. The van der Waals surface area contributed by atoms with Gasteiger partial charge in [0.1, 0.15) is 5.69 Å². The highest BCUT2D eigenvalue weighted by atomic mass is 16.2. The van der Waals surface area contributed by atoms with Crippen molar-refractivity contribution in [2.75, 3.05) is 19.6 Å². The van der Waals surface area contributed by atoms with E-state index in [2.05, 4.69) is 4.98 Å². The Balaban J connectivity index is 1.34. The Hall–Kier alpha value is -3.22. The average molecular weight is 432 g/mol. The Morgan fingerprint density at radius 1 is 1.00 bits per heavy atom. The van der Waals surface area contributed by atoms with Crippen molar-refractivity contribution in [2.24, 2.45) is 7.05 Å². The summed E-state index contributed by atoms with van der Waals surface area (Å²) in [6.45, 7) is 2.90. The van der Waals surface area contributed by atoms with Gasteiger partial charge < -0.3 is 9.80 Å². The molecule has 3 aromatic rings. The van der Waals surface area contributed by atoms with Crippen LogP contribution >= 0.6 is 0 Å². The highest BCUT2D eigenvalue weighted by Crippen LogP contribution is 2.26. The third kappa shape index (κ3) is 3.87. The molecule has 4 heterocycles. The van der Waals surface area contributed by atoms with Gasteiger partial charge in [-0.3, -0.25) is 19.3 Å². The number of rotatable bonds is 4. The minimum Gasteiger partial charge on any atom is -0.343 e. The number of benzene rings is 1. The van der Waals surface area contributed by atoms with Crippen LogP contribution in [0.25, 0.3) is 10.8 Å². The molecule has 32 heavy (non-hydrogen) atoms. The molecule has 7 heteroatoms. The van der Waals surface area contributed by atoms with Crippen LogP contribution in [0.15, 0.2) is 36.5 Å². The third-order valence-corrected chi connectivity index (χ3v) is 6.77. The number of piperidine rings is 1. The van der Waals surface area contributed by atoms with E-state index < -0.39 is 0 Å². The second-order valence-corrected chi connectivity index (χ2v) is 8.79. The lowest BCUT2D eigenvalue weighted by Crippen LogP contribution is -2.37. The number of hydrogen-bond acceptors (Lipinski definition) is 4. The molecule has 7 nitrogen and oxygen atoms in total. The topological polar surface area (TPSA) is 71.3 Å². The molecule has 0 N–H and O–H groups in total. The van der Waals surface area contributed by atoms with Crippen LogP contribution < -0.4 is 0 Å². The molecular weight excluding hydrogens is 402 g/mol. The number of carbonyl (C=O) groups excluding carboxylic acids is 2. The second-order valence-electron chi connectivity index (χ2n) is 8.79. The summed E-state index contributed by atoms with van der Waals surface area (Å²) in [6.07, 6.45) is 6.97. The van der Waals surface area contributed by atoms with E-state index in [0.717, 1.165) is 54.4 Å². The van der Waals surface area contributed by atoms with Gasteiger partial charge in [-0.25, -0.2) is 0 Å². The Kier molecular flexibility index (Phi) is 5.64. The predicted molar refractivity (Wildman–Crippen MR) is 122 cm³/mol. The van der Waals surface area contributed by atoms with Crippen molar-refractivity contribution in [3.63, 3.8) is 0 Å². The Bertz CT molecular complexity index is 1160. The maximum Gasteiger partial charge on any atom is 0.273 e. The van der Waals surface area contributed by atoms with Gasteiger partial charge in [-0.1, -0.05) is 24.3 Å². The van der Waals surface area contributed by atoms with Crippen LogP contribution in [0, 0.1) is 0 Å². The molecule has 0 unspecified atom stereocenters. The summed E-state index contributed by atoms with van der Waals surface area (Å²) in [5.74, 6) is 0.166. The maximum atomic E-state index is 13.4. The number of fused-ring (bicyclic) bond motifs is 2. The lowest BCUT2D eigenvalue weighted by Gasteiger charge is -2.28. The van der Waals surface area contributed by atoms with Gasteiger partial charge in [-0.15, -0.1) is 0 Å². The fourth-order valence-corrected chi connectivity index (χ4v) is 5.01. The SMILES string of the molecule is Cn1nc(CCC(=O)N2CCCCC2)c2c1CCN(C(=O)c1nccc3ccccc13)C2. The molecule has 2 aliphatic rings. The van der Waals surface area contributed by atoms with Crippen molar-refractivity contribution in [1.29, 1.82) is 0 Å². The number of amides is 2. The van der Waals surface area contributed by atoms with E-state index in [0.29, 0.717) is 31.6 Å². The van der Waals surface area contributed by atoms with E-state index in [4.69, 9.17) is 5.10 Å². The minimum absolute atomic E-state index is 0.0494. The fraction of sp³-hybridized carbons (Fsp3) is 0.440. The number of nitrogens with zero attached hydrogens (tertiary/aromatic N) is 5. The second kappa shape index (κ2) is 8.73. The quantitative estimate of drug-likeness (QED) is 0.636. The first-order chi connectivity index (χ1) is 15.6. The summed E-state index contributed by atoms with van der Waals surface area (Å²) < 4.78 is 1.92. The maximum absolute atomic E-state index is 13.4. The van der Waals surface area contributed by atoms with E-state index in [1.54, 1.807) is 6.20 Å². The molecule has 5 rings (SSSR count). The lowest BCUT2D eigenvalue weighted by molar-refractivity contribution is -0.132. The highest BCUT2D eigenvalue weighted by Gasteiger charge is 2.29. The molecule has 0 saturated carbocycles. The molecule has 0 radical (unpaired) electrons. The largest absolute Gasteiger partial charge is 0.343 e. The van der Waals surface area contributed by atoms with E-state index in [1.165, 1.54) is 12.1 Å². The fourth-order valence-electron chi connectivity index (χ4n) is 5.01. The number of aromatic nitrogens is 3. The first kappa shape index (κ1) is 20.7. The molecule has 2 aromatic heterocycles. The monoisotopic (exact) mass is 431 g/mol. The predicted octanol–water partition coefficient (Wildman–Crippen LogP) is 3.11. The van der Waals surface area contributed by atoms with E-state index in [9.17, 15) is 9.59 Å². The van der Waals surface area contributed by atoms with Crippen LogP contribution in [0.4, 0.5) is 0 Å². The minimum atomic E-state index is -0.0494. The van der Waals surface area contributed by atoms with E-state index in [1.807, 2.05) is 51.9 Å². The molecule has 2 aliphatic heterocycles. The average Bonchev–Trinajstić information content (AvgIpc) is 3.17. The summed E-state index contributed by atoms with van der Waals surface area (Å²) in [5, 5.41) is 6.61. The molecule has 1 aromatic carbocycles. The van der Waals surface area contributed by atoms with Crippen molar-refractivity contribution < 1.29 is 9.59 Å². The van der Waals surface area contributed by atoms with Crippen LogP contribution in [-0.2, 0) is 31.2 Å². The number of aryl methyl sites for hydroxylation is 2. The van der Waals surface area contributed by atoms with Crippen molar-refractivity contribution in [3.8, 4) is 0 Å². The molecule has 1 saturated heterocycles. The van der Waals surface area contributed by atoms with E-state index in [-0.39, 0.29) is 11.8 Å². The molecule has 0 aliphatic carbocycles. The molecule has 0 spiro atoms. The van der Waals surface area contributed by atoms with Gasteiger partial charge in [-0.05, 0) is 30.7 Å². The normalized spacial score (nSPS) is 16.3. The van der Waals surface area contributed by atoms with Gasteiger partial charge in [0.25, 0.3) is 5.91 Å². The van der Waals surface area contributed by atoms with Gasteiger partial charge >= 0.3 is 0 Å². The molecule has 2 amide bonds. The van der Waals surface area contributed by atoms with Gasteiger partial charge in [0.05, 0.1) is 5.69 Å². The number of pyridine rings is 1. The Morgan fingerprint density at radius 3 is 2.66 bits per heavy atom. The smallest absolute Gasteiger partial charge is 0.273 e. The van der Waals surface area contributed by atoms with Gasteiger partial charge in [0, 0.05) is 75.3 Å². The summed E-state index contributed by atoms with van der Waals surface area (Å²) in [6, 6.07) is 9.79. The summed E-state index contributed by atoms with van der Waals surface area (Å²) in [4.78, 5) is 34.3. The Labute approximate surface area is 188 Å². The zero-order chi connectivity index (χ0) is 22.1. The van der Waals surface area contributed by atoms with Crippen LogP contribution in [-0.4, -0.2) is 56.0 Å². The molecule has 0 bridgehead atoms. The number of likely N-dealkylation sites (tertiary alicyclic amines) is 1. The Morgan fingerprint density at radius 2 is 1.81 bits per heavy atom. The van der Waals surface area contributed by atoms with Crippen LogP contribution in [0.5, 0.6) is 0 Å². The highest BCUT2D eigenvalue weighted by molar-refractivity contribution is 6.05. The summed E-state index contributed by atoms with van der Waals surface area (Å²) >= 11 is 0. The zero-order valence-corrected chi connectivity index (χ0v) is 18.6. The van der Waals surface area contributed by atoms with Crippen LogP contribution in [0.1, 0.15) is 53.1 Å². The van der Waals surface area contributed by atoms with Gasteiger partial charge in [0.15, 0.2) is 0 Å². The van der Waals surface area contributed by atoms with Crippen molar-refractivity contribution in [2.45, 2.75) is 45.1 Å². The van der Waals surface area contributed by atoms with E-state index >= 15 is 0 Å². The number of carbonyl (C=O) groups is 2. The lowest BCUT2D eigenvalue weighted by atomic mass is 10.0. The third-order valence-electron chi connectivity index (χ3n) is 6.77. The van der Waals surface area contributed by atoms with Crippen molar-refractivity contribution in [1.82, 2.24) is 24.6 Å². The molecular formula is C25H29N5O2. The summed E-state index contributed by atoms with van der Waals surface area (Å²) in [7, 11) is 1.96. The zero-order valence-electron chi connectivity index (χ0n) is 18.6. The van der Waals surface area contributed by atoms with Gasteiger partial charge in [0.2, 0.25) is 5.91 Å². The van der Waals surface area contributed by atoms with Crippen LogP contribution in [0.3, 0.4) is 0 Å². The van der Waals surface area contributed by atoms with Gasteiger partial charge in [-0.2, -0.15) is 5.10 Å². The molecule has 0 atom stereocenters. The van der Waals surface area contributed by atoms with Crippen LogP contribution in [0.2, 0.25) is 0 Å². The first-order valence-electron chi connectivity index (χ1n) is 11.6. The van der Waals surface area contributed by atoms with Crippen molar-refractivity contribution >= 4 is 22.6 Å². The molecule has 1 fully saturated rings. The standard InChI is InChI=1S/C25H29N5O2/c1-28-22-12-16-30(25(32)24-19-8-4-3-7-18(19)11-13-26-24)17-20(22)21(27-28)9-10-23(31)29-14-5-2-6-15-29/h3-4,7-8,11,13H,2,5-6,9-10,12,14-17H2,1H3. The van der Waals surface area contributed by atoms with Crippen molar-refractivity contribution in [3.05, 3.63) is 59.2 Å². The first-order valence-corrected chi connectivity index (χ1v) is 11.6. The summed E-state index contributed by atoms with van der Waals surface area (Å²) in [5.41, 5.74) is 3.70.